The molecule has 0 radical (unpaired) electrons. The molecule has 86 heavy (non-hydrogen) atoms. The van der Waals surface area contributed by atoms with Gasteiger partial charge in [0.1, 0.15) is 46.5 Å². The normalized spacial score (nSPS) is 16.9. The zero-order valence-corrected chi connectivity index (χ0v) is 55.3. The summed E-state index contributed by atoms with van der Waals surface area (Å²) in [7, 11) is -2.77. The number of nitrogens with one attached hydrogen (secondary N) is 1. The van der Waals surface area contributed by atoms with E-state index in [1.54, 1.807) is 0 Å². The van der Waals surface area contributed by atoms with Crippen LogP contribution in [0.2, 0.25) is 0 Å². The maximum atomic E-state index is 14.6. The van der Waals surface area contributed by atoms with Gasteiger partial charge in [0.15, 0.2) is 0 Å². The summed E-state index contributed by atoms with van der Waals surface area (Å²) in [5.74, 6) is -5.58. The van der Waals surface area contributed by atoms with Crippen LogP contribution in [0.3, 0.4) is 0 Å². The standard InChI is InChI=1S/C32H31F4NP2.C20H26NP.C12H6F4IP.C6H15N/c1-2-3-16-37(38(29-19-25(33)17-26(34)20-29)30-21-27(35)18-28(36)22-30)39-31(23-10-6-4-7-11-23)14-15-32(39)24-12-8-5-9-13-24;1-2-3-16-21-22-19(17-10-6-4-7-11-17)14-15-20(22)18-12-8-5-9-13-18;13-7-1-8(14)4-11(3-7)18(17)12-5-9(15)2-10(16)6-12;1-4-7(5-2)6-3/h4-13,17-22,31-32H,2-3,14-16H2,1H3;4-13,19-21H,2-3,14-16H2,1H3;1-6H;4-6H2,1-3H3/t31-,32-;19-,20-;;/m10../s1. The summed E-state index contributed by atoms with van der Waals surface area (Å²) in [5, 5.41) is 5.56. The van der Waals surface area contributed by atoms with Crippen molar-refractivity contribution in [2.45, 2.75) is 109 Å². The number of nitrogens with zero attached hydrogens (tertiary/aromatic N) is 2. The topological polar surface area (TPSA) is 18.5 Å². The Balaban J connectivity index is 0.000000189. The van der Waals surface area contributed by atoms with Crippen molar-refractivity contribution in [1.29, 1.82) is 0 Å². The Hall–Kier alpha value is -4.47. The number of hydrogen-bond acceptors (Lipinski definition) is 3. The van der Waals surface area contributed by atoms with Crippen molar-refractivity contribution in [3.05, 3.63) is 263 Å². The van der Waals surface area contributed by atoms with E-state index >= 15 is 0 Å². The van der Waals surface area contributed by atoms with Gasteiger partial charge in [-0.1, -0.05) is 169 Å². The van der Waals surface area contributed by atoms with E-state index in [4.69, 9.17) is 0 Å². The van der Waals surface area contributed by atoms with E-state index in [2.05, 4.69) is 134 Å². The van der Waals surface area contributed by atoms with E-state index in [9.17, 15) is 35.1 Å². The summed E-state index contributed by atoms with van der Waals surface area (Å²) in [6, 6.07) is 56.2. The zero-order valence-electron chi connectivity index (χ0n) is 49.6. The van der Waals surface area contributed by atoms with Crippen molar-refractivity contribution >= 4 is 73.0 Å². The van der Waals surface area contributed by atoms with Gasteiger partial charge in [-0.25, -0.2) is 35.1 Å². The van der Waals surface area contributed by atoms with Crippen LogP contribution in [0.15, 0.2) is 194 Å². The number of benzene rings is 8. The molecule has 0 amide bonds. The third-order valence-electron chi connectivity index (χ3n) is 15.2. The zero-order chi connectivity index (χ0) is 61.5. The molecular formula is C70H78F8IN3P4. The van der Waals surface area contributed by atoms with Crippen molar-refractivity contribution in [1.82, 2.24) is 14.4 Å². The molecule has 8 aromatic rings. The van der Waals surface area contributed by atoms with Crippen molar-refractivity contribution in [3.8, 4) is 0 Å². The maximum Gasteiger partial charge on any atom is 0.126 e. The first-order valence-corrected chi connectivity index (χ1v) is 38.1. The van der Waals surface area contributed by atoms with E-state index in [0.29, 0.717) is 39.1 Å². The maximum absolute atomic E-state index is 14.6. The van der Waals surface area contributed by atoms with E-state index < -0.39 is 68.2 Å². The lowest BCUT2D eigenvalue weighted by atomic mass is 10.0. The lowest BCUT2D eigenvalue weighted by molar-refractivity contribution is 0.321. The van der Waals surface area contributed by atoms with Crippen LogP contribution in [0.5, 0.6) is 0 Å². The first-order valence-electron chi connectivity index (χ1n) is 29.7. The van der Waals surface area contributed by atoms with Gasteiger partial charge in [0.2, 0.25) is 0 Å². The molecule has 456 valence electrons. The van der Waals surface area contributed by atoms with Crippen LogP contribution in [0, 0.1) is 46.5 Å². The molecule has 2 saturated heterocycles. The molecule has 0 saturated carbocycles. The van der Waals surface area contributed by atoms with Gasteiger partial charge in [-0.2, -0.15) is 0 Å². The molecule has 0 unspecified atom stereocenters. The SMILES string of the molecule is CCCCN(P(c1cc(F)cc(F)c1)c1cc(F)cc(F)c1)P1[C@@H](c2ccccc2)CC[C@@H]1c1ccccc1.CCCCNP1[C@H](c2ccccc2)CC[C@H]1c1ccccc1.CCN(CC)CC.Fc1cc(F)cc(P(I)c2cc(F)cc(F)c2)c1. The molecule has 0 aromatic heterocycles. The van der Waals surface area contributed by atoms with Crippen LogP contribution >= 0.6 is 51.8 Å². The highest BCUT2D eigenvalue weighted by molar-refractivity contribution is 14.2. The minimum absolute atomic E-state index is 0.186. The van der Waals surface area contributed by atoms with Gasteiger partial charge in [-0.3, -0.25) is 9.53 Å². The quantitative estimate of drug-likeness (QED) is 0.0355. The molecule has 4 atom stereocenters. The molecule has 0 spiro atoms. The lowest BCUT2D eigenvalue weighted by Crippen LogP contribution is -2.29. The highest BCUT2D eigenvalue weighted by Crippen LogP contribution is 2.76. The number of unbranched alkanes of at least 4 members (excludes halogenated alkanes) is 2. The van der Waals surface area contributed by atoms with E-state index in [0.717, 1.165) is 56.5 Å². The fourth-order valence-electron chi connectivity index (χ4n) is 11.0. The van der Waals surface area contributed by atoms with Gasteiger partial charge in [0.25, 0.3) is 0 Å². The number of halogens is 9. The molecule has 2 aliphatic heterocycles. The van der Waals surface area contributed by atoms with E-state index in [1.165, 1.54) is 116 Å². The minimum atomic E-state index is -1.63. The van der Waals surface area contributed by atoms with Gasteiger partial charge in [0, 0.05) is 77.7 Å². The largest absolute Gasteiger partial charge is 0.304 e. The van der Waals surface area contributed by atoms with Gasteiger partial charge < -0.3 is 4.90 Å². The second-order valence-corrected chi connectivity index (χ2v) is 32.9. The molecular weight excluding hydrogens is 1290 g/mol. The van der Waals surface area contributed by atoms with Crippen LogP contribution in [-0.2, 0) is 0 Å². The third-order valence-corrected chi connectivity index (χ3v) is 29.4. The predicted octanol–water partition coefficient (Wildman–Crippen LogP) is 20.8. The second kappa shape index (κ2) is 35.7. The smallest absolute Gasteiger partial charge is 0.126 e. The molecule has 16 heteroatoms. The van der Waals surface area contributed by atoms with Crippen LogP contribution in [0.25, 0.3) is 0 Å². The van der Waals surface area contributed by atoms with Crippen LogP contribution < -0.4 is 26.3 Å². The Labute approximate surface area is 523 Å². The van der Waals surface area contributed by atoms with Crippen LogP contribution in [0.1, 0.15) is 131 Å². The fourth-order valence-corrected chi connectivity index (χ4v) is 24.6. The van der Waals surface area contributed by atoms with Crippen molar-refractivity contribution in [2.24, 2.45) is 0 Å². The lowest BCUT2D eigenvalue weighted by Gasteiger charge is -2.42. The molecule has 3 nitrogen and oxygen atoms in total. The average Bonchev–Trinajstić information content (AvgIpc) is 1.63. The third kappa shape index (κ3) is 20.0. The molecule has 1 N–H and O–H groups in total. The van der Waals surface area contributed by atoms with Gasteiger partial charge in [-0.15, -0.1) is 0 Å². The van der Waals surface area contributed by atoms with Gasteiger partial charge >= 0.3 is 0 Å². The molecule has 8 aromatic carbocycles. The van der Waals surface area contributed by atoms with E-state index in [1.807, 2.05) is 58.4 Å². The summed E-state index contributed by atoms with van der Waals surface area (Å²) in [4.78, 5) is 2.38. The Morgan fingerprint density at radius 3 is 0.988 bits per heavy atom. The summed E-state index contributed by atoms with van der Waals surface area (Å²) in [6.07, 6.45) is 8.89. The predicted molar refractivity (Wildman–Crippen MR) is 359 cm³/mol. The average molecular weight is 1360 g/mol. The summed E-state index contributed by atoms with van der Waals surface area (Å²) in [5.41, 5.74) is 6.12. The number of hydrogen-bond donors (Lipinski definition) is 1. The fraction of sp³-hybridized carbons (Fsp3) is 0.314. The summed E-state index contributed by atoms with van der Waals surface area (Å²) in [6.45, 7) is 16.3. The Bertz CT molecular complexity index is 3000. The molecule has 2 aliphatic rings. The molecule has 0 bridgehead atoms. The monoisotopic (exact) mass is 1360 g/mol. The Morgan fingerprint density at radius 2 is 0.698 bits per heavy atom. The molecule has 0 aliphatic carbocycles. The van der Waals surface area contributed by atoms with Crippen LogP contribution in [-0.4, -0.2) is 42.1 Å². The van der Waals surface area contributed by atoms with E-state index in [-0.39, 0.29) is 19.4 Å². The summed E-state index contributed by atoms with van der Waals surface area (Å²) >= 11 is 1.94. The van der Waals surface area contributed by atoms with Gasteiger partial charge in [-0.05, 0) is 184 Å². The minimum Gasteiger partial charge on any atom is -0.304 e. The second-order valence-electron chi connectivity index (χ2n) is 21.1. The van der Waals surface area contributed by atoms with Crippen LogP contribution in [0.4, 0.5) is 35.1 Å². The highest BCUT2D eigenvalue weighted by atomic mass is 127. The number of rotatable bonds is 20. The first kappa shape index (κ1) is 69.0. The Morgan fingerprint density at radius 1 is 0.407 bits per heavy atom. The molecule has 10 rings (SSSR count). The highest BCUT2D eigenvalue weighted by Gasteiger charge is 2.44. The Kier molecular flexibility index (Phi) is 28.6. The first-order chi connectivity index (χ1) is 41.6. The summed E-state index contributed by atoms with van der Waals surface area (Å²) < 4.78 is 113. The van der Waals surface area contributed by atoms with Crippen molar-refractivity contribution in [3.63, 3.8) is 0 Å². The molecule has 2 fully saturated rings. The molecule has 2 heterocycles. The van der Waals surface area contributed by atoms with Crippen molar-refractivity contribution in [2.75, 3.05) is 32.7 Å². The van der Waals surface area contributed by atoms with Gasteiger partial charge in [0.05, 0.1) is 0 Å². The van der Waals surface area contributed by atoms with Crippen molar-refractivity contribution < 1.29 is 35.1 Å².